The molecule has 0 radical (unpaired) electrons. The molecule has 0 aliphatic rings. The van der Waals surface area contributed by atoms with Gasteiger partial charge in [0.25, 0.3) is 0 Å². The highest BCUT2D eigenvalue weighted by atomic mass is 14.3. The van der Waals surface area contributed by atoms with Gasteiger partial charge in [0.2, 0.25) is 0 Å². The van der Waals surface area contributed by atoms with Crippen molar-refractivity contribution in [2.75, 3.05) is 0 Å². The molecule has 0 bridgehead atoms. The van der Waals surface area contributed by atoms with Crippen LogP contribution in [-0.4, -0.2) is 0 Å². The molecule has 16 rings (SSSR count). The topological polar surface area (TPSA) is 0 Å². The summed E-state index contributed by atoms with van der Waals surface area (Å²) in [6, 6.07) is 139. The van der Waals surface area contributed by atoms with E-state index in [0.29, 0.717) is 16.2 Å². The molecule has 0 saturated heterocycles. The summed E-state index contributed by atoms with van der Waals surface area (Å²) in [4.78, 5) is 0. The van der Waals surface area contributed by atoms with E-state index in [2.05, 4.69) is 539 Å². The second-order valence-electron chi connectivity index (χ2n) is 41.1. The van der Waals surface area contributed by atoms with Crippen LogP contribution in [-0.2, 0) is 48.7 Å². The van der Waals surface area contributed by atoms with Crippen LogP contribution in [0.2, 0.25) is 0 Å². The molecule has 0 heteroatoms. The third-order valence-electron chi connectivity index (χ3n) is 21.5. The third-order valence-corrected chi connectivity index (χ3v) is 21.5. The Hall–Kier alpha value is -11.2. The van der Waals surface area contributed by atoms with Crippen molar-refractivity contribution in [3.63, 3.8) is 0 Å². The SMILES string of the molecule is CC(C)(C)c1ccc(-c2ccccc2)cc1.CC(C)(C)c1ccc2ccccc2c1.CC(C)(C)c1cccc2ccccc12.CC(C)(C)c1cccc2ccccc12.CC(C)(C)c1cccc2ccccc12.CC(C)(C)c1cccc2ccccc12.CC(C)(C)c1ccccc1.CC(C)(C)c1ccccc1.CC(C)(C)c1ccccc1.c1ccccc1. The first kappa shape index (κ1) is 97.9. The van der Waals surface area contributed by atoms with E-state index >= 15 is 0 Å². The van der Waals surface area contributed by atoms with E-state index in [-0.39, 0.29) is 32.5 Å². The number of hydrogen-bond donors (Lipinski definition) is 0. The Labute approximate surface area is 740 Å². The molecule has 0 aromatic heterocycles. The van der Waals surface area contributed by atoms with E-state index < -0.39 is 0 Å². The Bertz CT molecular complexity index is 5150. The van der Waals surface area contributed by atoms with Gasteiger partial charge in [0, 0.05) is 0 Å². The Balaban J connectivity index is 0.000000188. The first-order chi connectivity index (χ1) is 57.3. The van der Waals surface area contributed by atoms with Crippen molar-refractivity contribution < 1.29 is 0 Å². The average Bonchev–Trinajstić information content (AvgIpc) is 0.814. The smallest absolute Gasteiger partial charge is 0.0126 e. The summed E-state index contributed by atoms with van der Waals surface area (Å²) in [7, 11) is 0. The number of benzene rings is 16. The van der Waals surface area contributed by atoms with Crippen molar-refractivity contribution in [2.24, 2.45) is 0 Å². The van der Waals surface area contributed by atoms with E-state index in [1.165, 1.54) is 115 Å². The van der Waals surface area contributed by atoms with Gasteiger partial charge < -0.3 is 0 Å². The quantitative estimate of drug-likeness (QED) is 0.154. The molecule has 0 spiro atoms. The monoisotopic (exact) mass is 1610 g/mol. The normalized spacial score (nSPS) is 11.6. The van der Waals surface area contributed by atoms with Gasteiger partial charge in [-0.05, 0) is 164 Å². The van der Waals surface area contributed by atoms with Crippen LogP contribution >= 0.6 is 0 Å². The van der Waals surface area contributed by atoms with Crippen LogP contribution in [0.25, 0.3) is 65.0 Å². The van der Waals surface area contributed by atoms with Crippen LogP contribution in [0, 0.1) is 0 Å². The van der Waals surface area contributed by atoms with Crippen molar-refractivity contribution in [1.29, 1.82) is 0 Å². The van der Waals surface area contributed by atoms with Crippen LogP contribution in [0.1, 0.15) is 237 Å². The van der Waals surface area contributed by atoms with Crippen LogP contribution in [0.15, 0.2) is 394 Å². The second kappa shape index (κ2) is 44.6. The Morgan fingerprint density at radius 3 is 0.533 bits per heavy atom. The summed E-state index contributed by atoms with van der Waals surface area (Å²) in [5.74, 6) is 0. The van der Waals surface area contributed by atoms with Crippen molar-refractivity contribution >= 4 is 53.9 Å². The Morgan fingerprint density at radius 2 is 0.295 bits per heavy atom. The van der Waals surface area contributed by atoms with Gasteiger partial charge in [0.05, 0.1) is 0 Å². The van der Waals surface area contributed by atoms with Crippen LogP contribution in [0.5, 0.6) is 0 Å². The summed E-state index contributed by atoms with van der Waals surface area (Å²) < 4.78 is 0. The first-order valence-corrected chi connectivity index (χ1v) is 44.1. The van der Waals surface area contributed by atoms with Gasteiger partial charge in [-0.15, -0.1) is 0 Å². The van der Waals surface area contributed by atoms with E-state index in [0.717, 1.165) is 0 Å². The van der Waals surface area contributed by atoms with Gasteiger partial charge >= 0.3 is 0 Å². The van der Waals surface area contributed by atoms with Gasteiger partial charge in [-0.3, -0.25) is 0 Å². The van der Waals surface area contributed by atoms with Gasteiger partial charge in [0.15, 0.2) is 0 Å². The largest absolute Gasteiger partial charge is 0.0623 e. The van der Waals surface area contributed by atoms with Gasteiger partial charge in [0.1, 0.15) is 0 Å². The molecule has 0 nitrogen and oxygen atoms in total. The molecule has 0 aliphatic carbocycles. The lowest BCUT2D eigenvalue weighted by molar-refractivity contribution is 0.590. The third kappa shape index (κ3) is 32.0. The minimum atomic E-state index is 0.223. The molecular weight excluding hydrogens is 1470 g/mol. The summed E-state index contributed by atoms with van der Waals surface area (Å²) in [6.45, 7) is 60.6. The number of hydrogen-bond acceptors (Lipinski definition) is 0. The molecule has 0 atom stereocenters. The summed E-state index contributed by atoms with van der Waals surface area (Å²) in [6.07, 6.45) is 0. The molecule has 0 unspecified atom stereocenters. The fraction of sp³-hybridized carbons (Fsp3) is 0.295. The standard InChI is InChI=1S/C16H18.5C14H16.3C10H14.C6H6/c1-16(2,3)15-11-9-14(10-12-15)13-7-5-4-6-8-13;4*1-14(2,3)13-10-6-8-11-7-4-5-9-12(11)13;1-14(2,3)13-9-8-11-6-4-5-7-12(11)10-13;3*1-10(2,3)9-7-5-4-6-8-9;1-2-4-6-5-3-1/h4-12H,1-3H3;5*4-10H,1-3H3;3*4-8H,1-3H3;1-6H. The maximum atomic E-state index is 2.29. The molecule has 0 amide bonds. The number of rotatable bonds is 1. The van der Waals surface area contributed by atoms with Crippen molar-refractivity contribution in [1.82, 2.24) is 0 Å². The highest BCUT2D eigenvalue weighted by Crippen LogP contribution is 2.35. The minimum Gasteiger partial charge on any atom is -0.0623 e. The van der Waals surface area contributed by atoms with Crippen molar-refractivity contribution in [3.8, 4) is 11.1 Å². The van der Waals surface area contributed by atoms with E-state index in [1.807, 2.05) is 42.5 Å². The molecule has 16 aromatic carbocycles. The van der Waals surface area contributed by atoms with Crippen LogP contribution in [0.4, 0.5) is 0 Å². The predicted molar refractivity (Wildman–Crippen MR) is 546 cm³/mol. The molecule has 0 fully saturated rings. The lowest BCUT2D eigenvalue weighted by atomic mass is 9.84. The molecule has 0 aliphatic heterocycles. The zero-order valence-electron chi connectivity index (χ0n) is 79.5. The molecule has 0 N–H and O–H groups in total. The zero-order valence-corrected chi connectivity index (χ0v) is 79.5. The fourth-order valence-corrected chi connectivity index (χ4v) is 14.2. The van der Waals surface area contributed by atoms with Gasteiger partial charge in [-0.2, -0.15) is 0 Å². The van der Waals surface area contributed by atoms with Crippen LogP contribution in [0.3, 0.4) is 0 Å². The Kier molecular flexibility index (Phi) is 35.8. The first-order valence-electron chi connectivity index (χ1n) is 44.1. The highest BCUT2D eigenvalue weighted by Gasteiger charge is 2.21. The summed E-state index contributed by atoms with van der Waals surface area (Å²) >= 11 is 0. The van der Waals surface area contributed by atoms with E-state index in [1.54, 1.807) is 0 Å². The van der Waals surface area contributed by atoms with E-state index in [4.69, 9.17) is 0 Å². The van der Waals surface area contributed by atoms with Gasteiger partial charge in [-0.1, -0.05) is 581 Å². The van der Waals surface area contributed by atoms with E-state index in [9.17, 15) is 0 Å². The van der Waals surface area contributed by atoms with Crippen molar-refractivity contribution in [3.05, 3.63) is 444 Å². The second-order valence-corrected chi connectivity index (χ2v) is 41.1. The maximum Gasteiger partial charge on any atom is -0.0126 e. The lowest BCUT2D eigenvalue weighted by Crippen LogP contribution is -2.11. The average molecular weight is 1610 g/mol. The molecule has 0 heterocycles. The highest BCUT2D eigenvalue weighted by molar-refractivity contribution is 5.89. The lowest BCUT2D eigenvalue weighted by Gasteiger charge is -2.21. The fourth-order valence-electron chi connectivity index (χ4n) is 14.2. The van der Waals surface area contributed by atoms with Gasteiger partial charge in [-0.25, -0.2) is 0 Å². The molecule has 16 aromatic rings. The maximum absolute atomic E-state index is 2.29. The molecule has 0 saturated carbocycles. The van der Waals surface area contributed by atoms with Crippen molar-refractivity contribution in [2.45, 2.75) is 236 Å². The molecule has 122 heavy (non-hydrogen) atoms. The number of fused-ring (bicyclic) bond motifs is 5. The predicted octanol–water partition coefficient (Wildman–Crippen LogP) is 36.0. The molecular formula is C122H146. The Morgan fingerprint density at radius 1 is 0.115 bits per heavy atom. The summed E-state index contributed by atoms with van der Waals surface area (Å²) in [5, 5.41) is 13.5. The zero-order chi connectivity index (χ0) is 89.6. The minimum absolute atomic E-state index is 0.223. The molecule has 634 valence electrons. The van der Waals surface area contributed by atoms with Crippen LogP contribution < -0.4 is 0 Å². The summed E-state index contributed by atoms with van der Waals surface area (Å²) in [5.41, 5.74) is 17.5.